The van der Waals surface area contributed by atoms with Crippen molar-refractivity contribution < 1.29 is 14.6 Å². The third-order valence-electron chi connectivity index (χ3n) is 3.86. The molecule has 0 aliphatic rings. The lowest BCUT2D eigenvalue weighted by Gasteiger charge is -2.10. The molecule has 0 spiro atoms. The van der Waals surface area contributed by atoms with Crippen molar-refractivity contribution in [1.82, 2.24) is 0 Å². The first-order valence-corrected chi connectivity index (χ1v) is 8.44. The van der Waals surface area contributed by atoms with Crippen molar-refractivity contribution in [3.05, 3.63) is 52.9 Å². The Kier molecular flexibility index (Phi) is 4.96. The maximum absolute atomic E-state index is 9.37. The normalized spacial score (nSPS) is 11.1. The summed E-state index contributed by atoms with van der Waals surface area (Å²) in [5, 5.41) is 12.7. The summed E-state index contributed by atoms with van der Waals surface area (Å²) in [6, 6.07) is 12.3. The fourth-order valence-electron chi connectivity index (χ4n) is 2.65. The zero-order valence-electron chi connectivity index (χ0n) is 13.3. The maximum Gasteiger partial charge on any atom is 0.119 e. The summed E-state index contributed by atoms with van der Waals surface area (Å²) in [5.41, 5.74) is 4.52. The highest BCUT2D eigenvalue weighted by Crippen LogP contribution is 2.37. The monoisotopic (exact) mass is 328 g/mol. The Balaban J connectivity index is 1.95. The first-order valence-electron chi connectivity index (χ1n) is 7.56. The van der Waals surface area contributed by atoms with Crippen LogP contribution in [0.15, 0.2) is 41.8 Å². The maximum atomic E-state index is 9.37. The number of aliphatic hydroxyl groups is 1. The van der Waals surface area contributed by atoms with Gasteiger partial charge in [0.1, 0.15) is 12.4 Å². The van der Waals surface area contributed by atoms with E-state index in [9.17, 15) is 5.11 Å². The number of benzene rings is 2. The summed E-state index contributed by atoms with van der Waals surface area (Å²) in [5.74, 6) is 0.860. The Bertz CT molecular complexity index is 807. The second kappa shape index (κ2) is 7.13. The molecule has 1 aromatic heterocycles. The molecule has 0 bridgehead atoms. The highest BCUT2D eigenvalue weighted by atomic mass is 32.1. The zero-order chi connectivity index (χ0) is 16.2. The molecule has 0 fully saturated rings. The van der Waals surface area contributed by atoms with Crippen LogP contribution < -0.4 is 4.74 Å². The van der Waals surface area contributed by atoms with Crippen molar-refractivity contribution in [1.29, 1.82) is 0 Å². The molecule has 1 heterocycles. The number of rotatable bonds is 6. The fourth-order valence-corrected chi connectivity index (χ4v) is 3.60. The van der Waals surface area contributed by atoms with Crippen LogP contribution in [-0.2, 0) is 11.3 Å². The molecule has 0 saturated carbocycles. The van der Waals surface area contributed by atoms with Gasteiger partial charge in [0.25, 0.3) is 0 Å². The molecule has 0 saturated heterocycles. The van der Waals surface area contributed by atoms with Crippen LogP contribution in [0.25, 0.3) is 21.2 Å². The van der Waals surface area contributed by atoms with Crippen molar-refractivity contribution in [3.8, 4) is 16.9 Å². The number of aryl methyl sites for hydroxylation is 1. The third kappa shape index (κ3) is 3.39. The van der Waals surface area contributed by atoms with E-state index in [1.54, 1.807) is 18.4 Å². The van der Waals surface area contributed by atoms with Gasteiger partial charge in [-0.15, -0.1) is 11.3 Å². The van der Waals surface area contributed by atoms with Gasteiger partial charge < -0.3 is 14.6 Å². The lowest BCUT2D eigenvalue weighted by atomic mass is 9.99. The average molecular weight is 328 g/mol. The van der Waals surface area contributed by atoms with Crippen molar-refractivity contribution in [2.75, 3.05) is 20.3 Å². The Morgan fingerprint density at radius 1 is 1.04 bits per heavy atom. The van der Waals surface area contributed by atoms with Crippen LogP contribution in [0.5, 0.6) is 5.75 Å². The van der Waals surface area contributed by atoms with Gasteiger partial charge in [-0.3, -0.25) is 0 Å². The molecule has 120 valence electrons. The lowest BCUT2D eigenvalue weighted by molar-refractivity contribution is 0.146. The molecule has 4 heteroatoms. The molecule has 0 aliphatic heterocycles. The van der Waals surface area contributed by atoms with Gasteiger partial charge in [0.05, 0.1) is 13.2 Å². The molecular formula is C19H20O3S. The van der Waals surface area contributed by atoms with Gasteiger partial charge in [0.2, 0.25) is 0 Å². The molecule has 0 amide bonds. The largest absolute Gasteiger partial charge is 0.491 e. The van der Waals surface area contributed by atoms with Crippen LogP contribution in [0, 0.1) is 6.92 Å². The van der Waals surface area contributed by atoms with E-state index >= 15 is 0 Å². The van der Waals surface area contributed by atoms with Gasteiger partial charge in [-0.05, 0) is 53.3 Å². The zero-order valence-corrected chi connectivity index (χ0v) is 14.2. The Morgan fingerprint density at radius 3 is 2.65 bits per heavy atom. The van der Waals surface area contributed by atoms with Gasteiger partial charge in [0.15, 0.2) is 0 Å². The smallest absolute Gasteiger partial charge is 0.119 e. The molecule has 3 nitrogen and oxygen atoms in total. The van der Waals surface area contributed by atoms with Gasteiger partial charge >= 0.3 is 0 Å². The van der Waals surface area contributed by atoms with E-state index in [0.717, 1.165) is 11.3 Å². The van der Waals surface area contributed by atoms with E-state index in [2.05, 4.69) is 36.6 Å². The summed E-state index contributed by atoms with van der Waals surface area (Å²) < 4.78 is 11.9. The highest BCUT2D eigenvalue weighted by Gasteiger charge is 2.10. The quantitative estimate of drug-likeness (QED) is 0.682. The van der Waals surface area contributed by atoms with E-state index in [1.807, 2.05) is 12.1 Å². The molecule has 0 radical (unpaired) electrons. The van der Waals surface area contributed by atoms with E-state index in [-0.39, 0.29) is 6.61 Å². The van der Waals surface area contributed by atoms with E-state index in [1.165, 1.54) is 26.8 Å². The molecule has 0 aliphatic carbocycles. The number of hydrogen-bond donors (Lipinski definition) is 1. The Labute approximate surface area is 140 Å². The second-order valence-electron chi connectivity index (χ2n) is 5.46. The van der Waals surface area contributed by atoms with Gasteiger partial charge in [-0.1, -0.05) is 12.1 Å². The Morgan fingerprint density at radius 2 is 1.91 bits per heavy atom. The first kappa shape index (κ1) is 16.0. The number of ether oxygens (including phenoxy) is 2. The van der Waals surface area contributed by atoms with Crippen molar-refractivity contribution in [2.45, 2.75) is 13.5 Å². The molecule has 23 heavy (non-hydrogen) atoms. The van der Waals surface area contributed by atoms with Crippen LogP contribution in [0.3, 0.4) is 0 Å². The van der Waals surface area contributed by atoms with Crippen molar-refractivity contribution in [3.63, 3.8) is 0 Å². The van der Waals surface area contributed by atoms with Crippen LogP contribution in [0.2, 0.25) is 0 Å². The Hall–Kier alpha value is -1.88. The van der Waals surface area contributed by atoms with Crippen molar-refractivity contribution >= 4 is 21.4 Å². The molecule has 2 aromatic carbocycles. The van der Waals surface area contributed by atoms with Gasteiger partial charge in [0, 0.05) is 22.8 Å². The van der Waals surface area contributed by atoms with Crippen molar-refractivity contribution in [2.24, 2.45) is 0 Å². The number of thiophene rings is 1. The molecule has 3 rings (SSSR count). The number of methoxy groups -OCH3 is 1. The SMILES string of the molecule is COCCOc1ccc(-c2csc3ccc(CO)cc23)c(C)c1. The predicted octanol–water partition coefficient (Wildman–Crippen LogP) is 4.39. The fraction of sp³-hybridized carbons (Fsp3) is 0.263. The summed E-state index contributed by atoms with van der Waals surface area (Å²) >= 11 is 1.73. The standard InChI is InChI=1S/C19H20O3S/c1-13-9-15(22-8-7-21-2)4-5-16(13)18-12-23-19-6-3-14(11-20)10-17(18)19/h3-6,9-10,12,20H,7-8,11H2,1-2H3. The van der Waals surface area contributed by atoms with Crippen LogP contribution >= 0.6 is 11.3 Å². The molecule has 0 atom stereocenters. The predicted molar refractivity (Wildman–Crippen MR) is 95.3 cm³/mol. The average Bonchev–Trinajstić information content (AvgIpc) is 2.98. The van der Waals surface area contributed by atoms with E-state index < -0.39 is 0 Å². The van der Waals surface area contributed by atoms with E-state index in [4.69, 9.17) is 9.47 Å². The summed E-state index contributed by atoms with van der Waals surface area (Å²) in [7, 11) is 1.67. The molecule has 1 N–H and O–H groups in total. The number of aliphatic hydroxyl groups excluding tert-OH is 1. The number of hydrogen-bond acceptors (Lipinski definition) is 4. The summed E-state index contributed by atoms with van der Waals surface area (Å²) in [4.78, 5) is 0. The highest BCUT2D eigenvalue weighted by molar-refractivity contribution is 7.17. The topological polar surface area (TPSA) is 38.7 Å². The second-order valence-corrected chi connectivity index (χ2v) is 6.37. The minimum atomic E-state index is 0.0660. The lowest BCUT2D eigenvalue weighted by Crippen LogP contribution is -2.04. The minimum absolute atomic E-state index is 0.0660. The van der Waals surface area contributed by atoms with Crippen LogP contribution in [-0.4, -0.2) is 25.4 Å². The van der Waals surface area contributed by atoms with Gasteiger partial charge in [-0.25, -0.2) is 0 Å². The molecule has 3 aromatic rings. The van der Waals surface area contributed by atoms with E-state index in [0.29, 0.717) is 13.2 Å². The first-order chi connectivity index (χ1) is 11.2. The van der Waals surface area contributed by atoms with Crippen LogP contribution in [0.1, 0.15) is 11.1 Å². The van der Waals surface area contributed by atoms with Gasteiger partial charge in [-0.2, -0.15) is 0 Å². The molecule has 0 unspecified atom stereocenters. The summed E-state index contributed by atoms with van der Waals surface area (Å²) in [6.45, 7) is 3.30. The minimum Gasteiger partial charge on any atom is -0.491 e. The number of fused-ring (bicyclic) bond motifs is 1. The van der Waals surface area contributed by atoms with Crippen LogP contribution in [0.4, 0.5) is 0 Å². The summed E-state index contributed by atoms with van der Waals surface area (Å²) in [6.07, 6.45) is 0. The molecular weight excluding hydrogens is 308 g/mol. The third-order valence-corrected chi connectivity index (χ3v) is 4.83.